The summed E-state index contributed by atoms with van der Waals surface area (Å²) in [7, 11) is 0. The molecule has 0 aromatic carbocycles. The number of carbonyl (C=O) groups excluding carboxylic acids is 1. The van der Waals surface area contributed by atoms with Gasteiger partial charge in [-0.2, -0.15) is 0 Å². The van der Waals surface area contributed by atoms with Crippen LogP contribution in [0.3, 0.4) is 0 Å². The summed E-state index contributed by atoms with van der Waals surface area (Å²) in [6.45, 7) is 10.5. The largest absolute Gasteiger partial charge is 0.480 e. The molecule has 1 rings (SSSR count). The lowest BCUT2D eigenvalue weighted by atomic mass is 9.96. The molecule has 0 saturated heterocycles. The average Bonchev–Trinajstić information content (AvgIpc) is 2.55. The number of hydroxylamine groups is 1. The lowest BCUT2D eigenvalue weighted by Gasteiger charge is -2.40. The van der Waals surface area contributed by atoms with E-state index in [1.54, 1.807) is 11.7 Å². The number of pyridine rings is 1. The Labute approximate surface area is 155 Å². The molecule has 1 amide bonds. The van der Waals surface area contributed by atoms with E-state index >= 15 is 0 Å². The molecular formula is C19H31N3O4. The molecule has 0 radical (unpaired) electrons. The Kier molecular flexibility index (Phi) is 8.17. The molecule has 1 heterocycles. The predicted octanol–water partition coefficient (Wildman–Crippen LogP) is 2.62. The summed E-state index contributed by atoms with van der Waals surface area (Å²) in [6.07, 6.45) is 2.93. The first-order valence-corrected chi connectivity index (χ1v) is 8.91. The van der Waals surface area contributed by atoms with Gasteiger partial charge in [-0.05, 0) is 51.2 Å². The van der Waals surface area contributed by atoms with Gasteiger partial charge in [-0.1, -0.05) is 19.9 Å². The maximum absolute atomic E-state index is 11.8. The Morgan fingerprint density at radius 3 is 2.35 bits per heavy atom. The standard InChI is InChI=1S/C19H31N3O4/c1-13(2)10-16(18(24)25)22(19(3,4)5)12-15-8-6-14(11-20-15)7-9-17(23)21-26/h6,8,11,13,16,26H,7,9-10,12H2,1-5H3,(H,21,23)(H,24,25)/t16-/m0/s1. The zero-order valence-corrected chi connectivity index (χ0v) is 16.3. The van der Waals surface area contributed by atoms with Gasteiger partial charge in [-0.25, -0.2) is 5.48 Å². The number of amides is 1. The summed E-state index contributed by atoms with van der Waals surface area (Å²) in [6, 6.07) is 3.16. The lowest BCUT2D eigenvalue weighted by Crippen LogP contribution is -2.51. The van der Waals surface area contributed by atoms with E-state index in [1.165, 1.54) is 0 Å². The second kappa shape index (κ2) is 9.64. The van der Waals surface area contributed by atoms with E-state index in [0.29, 0.717) is 19.4 Å². The van der Waals surface area contributed by atoms with Crippen molar-refractivity contribution >= 4 is 11.9 Å². The first-order chi connectivity index (χ1) is 12.0. The van der Waals surface area contributed by atoms with Crippen molar-refractivity contribution in [2.24, 2.45) is 5.92 Å². The van der Waals surface area contributed by atoms with Crippen LogP contribution in [0.5, 0.6) is 0 Å². The van der Waals surface area contributed by atoms with E-state index in [0.717, 1.165) is 11.3 Å². The van der Waals surface area contributed by atoms with Gasteiger partial charge in [0.25, 0.3) is 0 Å². The quantitative estimate of drug-likeness (QED) is 0.459. The SMILES string of the molecule is CC(C)C[C@@H](C(=O)O)N(Cc1ccc(CCC(=O)NO)cn1)C(C)(C)C. The number of carbonyl (C=O) groups is 2. The van der Waals surface area contributed by atoms with Crippen molar-refractivity contribution in [1.29, 1.82) is 0 Å². The van der Waals surface area contributed by atoms with Gasteiger partial charge in [0.1, 0.15) is 6.04 Å². The minimum atomic E-state index is -0.819. The molecule has 0 aliphatic heterocycles. The smallest absolute Gasteiger partial charge is 0.320 e. The van der Waals surface area contributed by atoms with Crippen molar-refractivity contribution in [3.8, 4) is 0 Å². The van der Waals surface area contributed by atoms with Crippen molar-refractivity contribution in [2.75, 3.05) is 0 Å². The molecule has 0 saturated carbocycles. The second-order valence-electron chi connectivity index (χ2n) is 7.98. The fourth-order valence-electron chi connectivity index (χ4n) is 2.81. The lowest BCUT2D eigenvalue weighted by molar-refractivity contribution is -0.147. The maximum atomic E-state index is 11.8. The zero-order valence-electron chi connectivity index (χ0n) is 16.3. The highest BCUT2D eigenvalue weighted by molar-refractivity contribution is 5.74. The number of aryl methyl sites for hydroxylation is 1. The Morgan fingerprint density at radius 1 is 1.27 bits per heavy atom. The monoisotopic (exact) mass is 365 g/mol. The molecule has 146 valence electrons. The summed E-state index contributed by atoms with van der Waals surface area (Å²) in [5, 5.41) is 18.2. The van der Waals surface area contributed by atoms with Crippen LogP contribution in [-0.4, -0.2) is 43.7 Å². The fourth-order valence-corrected chi connectivity index (χ4v) is 2.81. The first kappa shape index (κ1) is 22.1. The number of nitrogens with zero attached hydrogens (tertiary/aromatic N) is 2. The number of carboxylic acids is 1. The van der Waals surface area contributed by atoms with Gasteiger partial charge in [-0.3, -0.25) is 24.7 Å². The van der Waals surface area contributed by atoms with Crippen LogP contribution in [0.15, 0.2) is 18.3 Å². The van der Waals surface area contributed by atoms with Gasteiger partial charge < -0.3 is 5.11 Å². The van der Waals surface area contributed by atoms with Crippen molar-refractivity contribution in [2.45, 2.75) is 72.0 Å². The minimum absolute atomic E-state index is 0.182. The van der Waals surface area contributed by atoms with Crippen molar-refractivity contribution < 1.29 is 19.9 Å². The molecule has 0 aliphatic carbocycles. The minimum Gasteiger partial charge on any atom is -0.480 e. The Balaban J connectivity index is 2.91. The molecule has 1 atom stereocenters. The molecule has 1 aromatic rings. The highest BCUT2D eigenvalue weighted by atomic mass is 16.5. The van der Waals surface area contributed by atoms with Gasteiger partial charge in [0.15, 0.2) is 0 Å². The molecule has 26 heavy (non-hydrogen) atoms. The second-order valence-corrected chi connectivity index (χ2v) is 7.98. The van der Waals surface area contributed by atoms with Crippen molar-refractivity contribution in [1.82, 2.24) is 15.4 Å². The van der Waals surface area contributed by atoms with E-state index < -0.39 is 17.9 Å². The molecule has 1 aromatic heterocycles. The van der Waals surface area contributed by atoms with Crippen LogP contribution >= 0.6 is 0 Å². The summed E-state index contributed by atoms with van der Waals surface area (Å²) in [5.41, 5.74) is 2.95. The van der Waals surface area contributed by atoms with Gasteiger partial charge in [0.05, 0.1) is 5.69 Å². The number of hydrogen-bond acceptors (Lipinski definition) is 5. The third-order valence-electron chi connectivity index (χ3n) is 4.20. The number of rotatable bonds is 9. The van der Waals surface area contributed by atoms with Crippen LogP contribution in [0.4, 0.5) is 0 Å². The number of nitrogens with one attached hydrogen (secondary N) is 1. The molecule has 0 fully saturated rings. The molecule has 0 bridgehead atoms. The number of aliphatic carboxylic acids is 1. The Hall–Kier alpha value is -1.99. The average molecular weight is 365 g/mol. The Morgan fingerprint density at radius 2 is 1.92 bits per heavy atom. The zero-order chi connectivity index (χ0) is 19.9. The summed E-state index contributed by atoms with van der Waals surface area (Å²) in [5.74, 6) is -0.986. The van der Waals surface area contributed by atoms with Gasteiger partial charge >= 0.3 is 5.97 Å². The number of aromatic nitrogens is 1. The maximum Gasteiger partial charge on any atom is 0.320 e. The molecule has 7 heteroatoms. The molecule has 0 spiro atoms. The van der Waals surface area contributed by atoms with Crippen LogP contribution in [0.2, 0.25) is 0 Å². The summed E-state index contributed by atoms with van der Waals surface area (Å²) >= 11 is 0. The molecule has 0 unspecified atom stereocenters. The van der Waals surface area contributed by atoms with E-state index in [-0.39, 0.29) is 17.9 Å². The van der Waals surface area contributed by atoms with Gasteiger partial charge in [-0.15, -0.1) is 0 Å². The summed E-state index contributed by atoms with van der Waals surface area (Å²) in [4.78, 5) is 29.3. The van der Waals surface area contributed by atoms with Crippen LogP contribution in [0.25, 0.3) is 0 Å². The molecule has 3 N–H and O–H groups in total. The highest BCUT2D eigenvalue weighted by Gasteiger charge is 2.34. The third kappa shape index (κ3) is 7.09. The van der Waals surface area contributed by atoms with E-state index in [4.69, 9.17) is 5.21 Å². The topological polar surface area (TPSA) is 103 Å². The van der Waals surface area contributed by atoms with Crippen LogP contribution < -0.4 is 5.48 Å². The molecular weight excluding hydrogens is 334 g/mol. The van der Waals surface area contributed by atoms with Crippen molar-refractivity contribution in [3.05, 3.63) is 29.6 Å². The fraction of sp³-hybridized carbons (Fsp3) is 0.632. The van der Waals surface area contributed by atoms with Crippen LogP contribution in [0.1, 0.15) is 58.7 Å². The normalized spacial score (nSPS) is 13.1. The van der Waals surface area contributed by atoms with E-state index in [2.05, 4.69) is 4.98 Å². The highest BCUT2D eigenvalue weighted by Crippen LogP contribution is 2.24. The van der Waals surface area contributed by atoms with Crippen LogP contribution in [0, 0.1) is 5.92 Å². The van der Waals surface area contributed by atoms with Gasteiger partial charge in [0.2, 0.25) is 5.91 Å². The van der Waals surface area contributed by atoms with E-state index in [1.807, 2.05) is 51.7 Å². The predicted molar refractivity (Wildman–Crippen MR) is 98.7 cm³/mol. The number of hydrogen-bond donors (Lipinski definition) is 3. The van der Waals surface area contributed by atoms with Gasteiger partial charge in [0, 0.05) is 24.7 Å². The van der Waals surface area contributed by atoms with Crippen LogP contribution in [-0.2, 0) is 22.6 Å². The number of carboxylic acid groups (broad SMARTS) is 1. The molecule has 7 nitrogen and oxygen atoms in total. The first-order valence-electron chi connectivity index (χ1n) is 8.91. The third-order valence-corrected chi connectivity index (χ3v) is 4.20. The Bertz CT molecular complexity index is 594. The van der Waals surface area contributed by atoms with Crippen molar-refractivity contribution in [3.63, 3.8) is 0 Å². The summed E-state index contributed by atoms with van der Waals surface area (Å²) < 4.78 is 0. The molecule has 0 aliphatic rings. The van der Waals surface area contributed by atoms with E-state index in [9.17, 15) is 14.7 Å².